The molecule has 9 aromatic rings. The monoisotopic (exact) mass is 629 g/mol. The number of fused-ring (bicyclic) bond motifs is 4. The quantitative estimate of drug-likeness (QED) is 0.177. The van der Waals surface area contributed by atoms with Gasteiger partial charge in [0, 0.05) is 36.8 Å². The van der Waals surface area contributed by atoms with E-state index in [9.17, 15) is 0 Å². The number of hydrogen-bond donors (Lipinski definition) is 0. The fourth-order valence-corrected chi connectivity index (χ4v) is 8.19. The number of rotatable bonds is 6. The summed E-state index contributed by atoms with van der Waals surface area (Å²) in [5.41, 5.74) is 10.7. The van der Waals surface area contributed by atoms with Crippen molar-refractivity contribution in [2.45, 2.75) is 0 Å². The first-order chi connectivity index (χ1) is 23.8. The molecule has 0 aliphatic rings. The van der Waals surface area contributed by atoms with Gasteiger partial charge >= 0.3 is 0 Å². The lowest BCUT2D eigenvalue weighted by atomic mass is 9.88. The van der Waals surface area contributed by atoms with Crippen LogP contribution in [0.3, 0.4) is 0 Å². The molecule has 0 N–H and O–H groups in total. The Labute approximate surface area is 284 Å². The Balaban J connectivity index is 1.31. The van der Waals surface area contributed by atoms with E-state index in [1.54, 1.807) is 0 Å². The fourth-order valence-electron chi connectivity index (χ4n) is 7.10. The van der Waals surface area contributed by atoms with E-state index in [1.165, 1.54) is 64.3 Å². The lowest BCUT2D eigenvalue weighted by Gasteiger charge is -2.29. The first kappa shape index (κ1) is 28.3. The van der Waals surface area contributed by atoms with Crippen molar-refractivity contribution >= 4 is 59.3 Å². The van der Waals surface area contributed by atoms with Gasteiger partial charge in [-0.1, -0.05) is 152 Å². The van der Waals surface area contributed by atoms with Crippen molar-refractivity contribution < 1.29 is 0 Å². The summed E-state index contributed by atoms with van der Waals surface area (Å²) in [6, 6.07) is 68.2. The van der Waals surface area contributed by atoms with Crippen molar-refractivity contribution in [1.82, 2.24) is 0 Å². The average molecular weight is 630 g/mol. The van der Waals surface area contributed by atoms with Gasteiger partial charge in [-0.05, 0) is 69.6 Å². The lowest BCUT2D eigenvalue weighted by molar-refractivity contribution is 1.30. The Hall–Kier alpha value is -5.96. The topological polar surface area (TPSA) is 3.24 Å². The molecule has 0 saturated heterocycles. The van der Waals surface area contributed by atoms with Gasteiger partial charge in [0.2, 0.25) is 0 Å². The van der Waals surface area contributed by atoms with Gasteiger partial charge in [0.25, 0.3) is 0 Å². The van der Waals surface area contributed by atoms with Crippen LogP contribution in [0.5, 0.6) is 0 Å². The van der Waals surface area contributed by atoms with E-state index >= 15 is 0 Å². The highest BCUT2D eigenvalue weighted by atomic mass is 32.1. The Morgan fingerprint density at radius 3 is 1.69 bits per heavy atom. The van der Waals surface area contributed by atoms with E-state index in [-0.39, 0.29) is 0 Å². The Bertz CT molecular complexity index is 2570. The highest BCUT2D eigenvalue weighted by Crippen LogP contribution is 2.47. The van der Waals surface area contributed by atoms with Gasteiger partial charge in [0.05, 0.1) is 11.4 Å². The summed E-state index contributed by atoms with van der Waals surface area (Å²) in [5, 5.41) is 5.02. The van der Waals surface area contributed by atoms with E-state index < -0.39 is 0 Å². The maximum atomic E-state index is 2.46. The highest BCUT2D eigenvalue weighted by Gasteiger charge is 2.22. The molecule has 0 aliphatic heterocycles. The normalized spacial score (nSPS) is 11.3. The molecule has 1 nitrogen and oxygen atoms in total. The number of benzene rings is 8. The van der Waals surface area contributed by atoms with Gasteiger partial charge in [0.1, 0.15) is 0 Å². The Morgan fingerprint density at radius 2 is 0.875 bits per heavy atom. The molecule has 226 valence electrons. The summed E-state index contributed by atoms with van der Waals surface area (Å²) < 4.78 is 2.61. The van der Waals surface area contributed by atoms with Crippen LogP contribution < -0.4 is 4.90 Å². The summed E-state index contributed by atoms with van der Waals surface area (Å²) in [6.07, 6.45) is 0. The van der Waals surface area contributed by atoms with Crippen LogP contribution in [0, 0.1) is 0 Å². The average Bonchev–Trinajstić information content (AvgIpc) is 3.54. The third kappa shape index (κ3) is 4.86. The maximum Gasteiger partial charge on any atom is 0.0540 e. The molecule has 0 atom stereocenters. The van der Waals surface area contributed by atoms with Crippen molar-refractivity contribution in [3.8, 4) is 33.4 Å². The van der Waals surface area contributed by atoms with Gasteiger partial charge in [-0.25, -0.2) is 0 Å². The van der Waals surface area contributed by atoms with Crippen LogP contribution in [0.4, 0.5) is 17.1 Å². The molecule has 1 heterocycles. The summed E-state index contributed by atoms with van der Waals surface area (Å²) in [4.78, 5) is 2.46. The van der Waals surface area contributed by atoms with Crippen LogP contribution in [0.15, 0.2) is 188 Å². The standard InChI is InChI=1S/C46H31NS/c1-2-15-32(16-3-1)35-19-6-7-21-37(35)38-22-8-9-23-39(38)40-24-10-12-26-44(40)47(43-27-14-18-33-17-4-5-20-36(33)43)34-29-30-46-42(31-34)41-25-11-13-28-45(41)48-46/h1-31H. The molecule has 0 fully saturated rings. The molecule has 0 aliphatic carbocycles. The largest absolute Gasteiger partial charge is 0.309 e. The van der Waals surface area contributed by atoms with Crippen LogP contribution in [0.2, 0.25) is 0 Å². The molecule has 0 saturated carbocycles. The molecular formula is C46H31NS. The third-order valence-corrected chi connectivity index (χ3v) is 10.4. The predicted molar refractivity (Wildman–Crippen MR) is 208 cm³/mol. The minimum Gasteiger partial charge on any atom is -0.309 e. The van der Waals surface area contributed by atoms with Crippen LogP contribution in [-0.4, -0.2) is 0 Å². The Morgan fingerprint density at radius 1 is 0.333 bits per heavy atom. The summed E-state index contributed by atoms with van der Waals surface area (Å²) in [5.74, 6) is 0. The van der Waals surface area contributed by atoms with E-state index in [4.69, 9.17) is 0 Å². The van der Waals surface area contributed by atoms with Crippen molar-refractivity contribution in [2.75, 3.05) is 4.90 Å². The molecule has 48 heavy (non-hydrogen) atoms. The zero-order valence-electron chi connectivity index (χ0n) is 26.3. The second-order valence-corrected chi connectivity index (χ2v) is 13.2. The molecule has 0 bridgehead atoms. The summed E-state index contributed by atoms with van der Waals surface area (Å²) in [6.45, 7) is 0. The first-order valence-electron chi connectivity index (χ1n) is 16.4. The molecule has 8 aromatic carbocycles. The first-order valence-corrected chi connectivity index (χ1v) is 17.2. The van der Waals surface area contributed by atoms with Crippen LogP contribution in [0.25, 0.3) is 64.3 Å². The van der Waals surface area contributed by atoms with Crippen molar-refractivity contribution in [1.29, 1.82) is 0 Å². The predicted octanol–water partition coefficient (Wildman–Crippen LogP) is 13.7. The second kappa shape index (κ2) is 12.0. The third-order valence-electron chi connectivity index (χ3n) is 9.29. The molecule has 1 aromatic heterocycles. The number of thiophene rings is 1. The molecule has 2 heteroatoms. The van der Waals surface area contributed by atoms with Crippen LogP contribution in [-0.2, 0) is 0 Å². The molecule has 9 rings (SSSR count). The number of hydrogen-bond acceptors (Lipinski definition) is 2. The minimum atomic E-state index is 1.14. The highest BCUT2D eigenvalue weighted by molar-refractivity contribution is 7.25. The van der Waals surface area contributed by atoms with Gasteiger partial charge < -0.3 is 4.90 Å². The number of para-hydroxylation sites is 1. The van der Waals surface area contributed by atoms with Crippen molar-refractivity contribution in [2.24, 2.45) is 0 Å². The van der Waals surface area contributed by atoms with Crippen LogP contribution in [0.1, 0.15) is 0 Å². The molecule has 0 amide bonds. The van der Waals surface area contributed by atoms with Gasteiger partial charge in [-0.2, -0.15) is 0 Å². The van der Waals surface area contributed by atoms with Crippen molar-refractivity contribution in [3.63, 3.8) is 0 Å². The molecule has 0 spiro atoms. The molecule has 0 radical (unpaired) electrons. The van der Waals surface area contributed by atoms with E-state index in [0.29, 0.717) is 0 Å². The van der Waals surface area contributed by atoms with E-state index in [1.807, 2.05) is 11.3 Å². The summed E-state index contributed by atoms with van der Waals surface area (Å²) in [7, 11) is 0. The minimum absolute atomic E-state index is 1.14. The fraction of sp³-hybridized carbons (Fsp3) is 0. The van der Waals surface area contributed by atoms with Crippen molar-refractivity contribution in [3.05, 3.63) is 188 Å². The zero-order chi connectivity index (χ0) is 31.9. The van der Waals surface area contributed by atoms with Gasteiger partial charge in [0.15, 0.2) is 0 Å². The number of nitrogens with zero attached hydrogens (tertiary/aromatic N) is 1. The van der Waals surface area contributed by atoms with Crippen LogP contribution >= 0.6 is 11.3 Å². The summed E-state index contributed by atoms with van der Waals surface area (Å²) >= 11 is 1.86. The van der Waals surface area contributed by atoms with E-state index in [0.717, 1.165) is 17.1 Å². The van der Waals surface area contributed by atoms with E-state index in [2.05, 4.69) is 193 Å². The molecular weight excluding hydrogens is 599 g/mol. The van der Waals surface area contributed by atoms with Gasteiger partial charge in [-0.3, -0.25) is 0 Å². The molecule has 0 unspecified atom stereocenters. The number of anilines is 3. The SMILES string of the molecule is c1ccc(-c2ccccc2-c2ccccc2-c2ccccc2N(c2ccc3sc4ccccc4c3c2)c2cccc3ccccc23)cc1. The lowest BCUT2D eigenvalue weighted by Crippen LogP contribution is -2.12. The van der Waals surface area contributed by atoms with Gasteiger partial charge in [-0.15, -0.1) is 11.3 Å². The zero-order valence-corrected chi connectivity index (χ0v) is 27.1. The second-order valence-electron chi connectivity index (χ2n) is 12.1. The maximum absolute atomic E-state index is 2.46. The smallest absolute Gasteiger partial charge is 0.0540 e. The Kier molecular flexibility index (Phi) is 7.07.